The Labute approximate surface area is 156 Å². The zero-order valence-electron chi connectivity index (χ0n) is 16.0. The second-order valence-corrected chi connectivity index (χ2v) is 8.52. The Morgan fingerprint density at radius 2 is 2.00 bits per heavy atom. The predicted molar refractivity (Wildman–Crippen MR) is 104 cm³/mol. The molecule has 0 fully saturated rings. The van der Waals surface area contributed by atoms with Crippen LogP contribution in [-0.2, 0) is 9.84 Å². The predicted octanol–water partition coefficient (Wildman–Crippen LogP) is 2.36. The van der Waals surface area contributed by atoms with E-state index in [9.17, 15) is 12.8 Å². The first-order valence-electron chi connectivity index (χ1n) is 8.88. The maximum absolute atomic E-state index is 13.7. The van der Waals surface area contributed by atoms with Crippen LogP contribution < -0.4 is 15.4 Å². The van der Waals surface area contributed by atoms with Crippen LogP contribution in [-0.4, -0.2) is 51.6 Å². The van der Waals surface area contributed by atoms with Gasteiger partial charge in [0.15, 0.2) is 17.5 Å². The molecular formula is C18H30FN3O3S. The number of guanidine groups is 1. The van der Waals surface area contributed by atoms with Crippen LogP contribution in [0.4, 0.5) is 4.39 Å². The molecule has 2 N–H and O–H groups in total. The number of para-hydroxylation sites is 1. The molecule has 148 valence electrons. The third-order valence-electron chi connectivity index (χ3n) is 3.69. The molecule has 0 radical (unpaired) electrons. The average Bonchev–Trinajstić information content (AvgIpc) is 2.57. The fourth-order valence-electron chi connectivity index (χ4n) is 2.18. The summed E-state index contributed by atoms with van der Waals surface area (Å²) in [5, 5.41) is 6.32. The van der Waals surface area contributed by atoms with E-state index in [0.29, 0.717) is 31.9 Å². The lowest BCUT2D eigenvalue weighted by atomic mass is 10.2. The highest BCUT2D eigenvalue weighted by Gasteiger charge is 2.13. The third kappa shape index (κ3) is 9.03. The SMILES string of the molecule is CCNC(=NCC(CC)Oc1ccccc1F)NC(C)CCS(C)(=O)=O. The van der Waals surface area contributed by atoms with Crippen molar-refractivity contribution in [3.05, 3.63) is 30.1 Å². The van der Waals surface area contributed by atoms with Gasteiger partial charge in [0.05, 0.1) is 12.3 Å². The lowest BCUT2D eigenvalue weighted by molar-refractivity contribution is 0.196. The van der Waals surface area contributed by atoms with E-state index >= 15 is 0 Å². The molecule has 0 saturated heterocycles. The van der Waals surface area contributed by atoms with Crippen LogP contribution in [0.25, 0.3) is 0 Å². The zero-order chi connectivity index (χ0) is 19.6. The topological polar surface area (TPSA) is 79.8 Å². The zero-order valence-corrected chi connectivity index (χ0v) is 16.8. The molecule has 1 aromatic rings. The van der Waals surface area contributed by atoms with Crippen molar-refractivity contribution in [2.45, 2.75) is 45.8 Å². The molecule has 0 aliphatic heterocycles. The van der Waals surface area contributed by atoms with Crippen LogP contribution in [0.1, 0.15) is 33.6 Å². The van der Waals surface area contributed by atoms with Gasteiger partial charge in [-0.25, -0.2) is 17.8 Å². The Bertz CT molecular complexity index is 680. The van der Waals surface area contributed by atoms with Gasteiger partial charge in [0, 0.05) is 18.8 Å². The highest BCUT2D eigenvalue weighted by molar-refractivity contribution is 7.90. The van der Waals surface area contributed by atoms with E-state index in [2.05, 4.69) is 15.6 Å². The number of halogens is 1. The van der Waals surface area contributed by atoms with E-state index in [0.717, 1.165) is 0 Å². The molecule has 8 heteroatoms. The number of ether oxygens (including phenoxy) is 1. The number of rotatable bonds is 10. The van der Waals surface area contributed by atoms with E-state index in [1.54, 1.807) is 18.2 Å². The van der Waals surface area contributed by atoms with E-state index in [-0.39, 0.29) is 23.6 Å². The molecule has 0 aliphatic carbocycles. The van der Waals surface area contributed by atoms with Crippen LogP contribution in [0, 0.1) is 5.82 Å². The van der Waals surface area contributed by atoms with Crippen LogP contribution >= 0.6 is 0 Å². The van der Waals surface area contributed by atoms with Crippen molar-refractivity contribution in [3.8, 4) is 5.75 Å². The first kappa shape index (κ1) is 22.2. The molecule has 6 nitrogen and oxygen atoms in total. The van der Waals surface area contributed by atoms with Crippen molar-refractivity contribution >= 4 is 15.8 Å². The van der Waals surface area contributed by atoms with Crippen LogP contribution in [0.3, 0.4) is 0 Å². The number of hydrogen-bond acceptors (Lipinski definition) is 4. The molecule has 0 bridgehead atoms. The molecule has 26 heavy (non-hydrogen) atoms. The average molecular weight is 388 g/mol. The van der Waals surface area contributed by atoms with E-state index in [4.69, 9.17) is 4.74 Å². The molecule has 0 aromatic heterocycles. The quantitative estimate of drug-likeness (QED) is 0.476. The molecule has 2 atom stereocenters. The third-order valence-corrected chi connectivity index (χ3v) is 4.66. The molecule has 2 unspecified atom stereocenters. The Morgan fingerprint density at radius 1 is 1.31 bits per heavy atom. The molecule has 0 spiro atoms. The summed E-state index contributed by atoms with van der Waals surface area (Å²) in [6.45, 7) is 6.85. The summed E-state index contributed by atoms with van der Waals surface area (Å²) in [7, 11) is -2.99. The second-order valence-electron chi connectivity index (χ2n) is 6.26. The number of benzene rings is 1. The Hall–Kier alpha value is -1.83. The Kier molecular flexibility index (Phi) is 9.40. The van der Waals surface area contributed by atoms with Crippen molar-refractivity contribution in [2.24, 2.45) is 4.99 Å². The molecule has 0 amide bonds. The minimum Gasteiger partial charge on any atom is -0.485 e. The summed E-state index contributed by atoms with van der Waals surface area (Å²) < 4.78 is 42.0. The van der Waals surface area contributed by atoms with Crippen molar-refractivity contribution in [3.63, 3.8) is 0 Å². The summed E-state index contributed by atoms with van der Waals surface area (Å²) in [5.74, 6) is 0.529. The van der Waals surface area contributed by atoms with Crippen LogP contribution in [0.5, 0.6) is 5.75 Å². The number of nitrogens with zero attached hydrogens (tertiary/aromatic N) is 1. The number of hydrogen-bond donors (Lipinski definition) is 2. The monoisotopic (exact) mass is 387 g/mol. The minimum atomic E-state index is -2.99. The van der Waals surface area contributed by atoms with Crippen molar-refractivity contribution in [1.29, 1.82) is 0 Å². The van der Waals surface area contributed by atoms with Crippen LogP contribution in [0.2, 0.25) is 0 Å². The normalized spacial score (nSPS) is 14.6. The smallest absolute Gasteiger partial charge is 0.191 e. The van der Waals surface area contributed by atoms with E-state index in [1.807, 2.05) is 20.8 Å². The molecule has 0 saturated carbocycles. The lowest BCUT2D eigenvalue weighted by Crippen LogP contribution is -2.43. The first-order chi connectivity index (χ1) is 12.2. The number of nitrogens with one attached hydrogen (secondary N) is 2. The Balaban J connectivity index is 2.66. The largest absolute Gasteiger partial charge is 0.485 e. The van der Waals surface area contributed by atoms with Crippen molar-refractivity contribution in [2.75, 3.05) is 25.1 Å². The van der Waals surface area contributed by atoms with Crippen LogP contribution in [0.15, 0.2) is 29.3 Å². The minimum absolute atomic E-state index is 0.0462. The van der Waals surface area contributed by atoms with Crippen molar-refractivity contribution in [1.82, 2.24) is 10.6 Å². The van der Waals surface area contributed by atoms with Gasteiger partial charge in [-0.15, -0.1) is 0 Å². The summed E-state index contributed by atoms with van der Waals surface area (Å²) in [6, 6.07) is 6.25. The van der Waals surface area contributed by atoms with E-state index in [1.165, 1.54) is 12.3 Å². The molecule has 0 heterocycles. The molecular weight excluding hydrogens is 357 g/mol. The number of sulfone groups is 1. The van der Waals surface area contributed by atoms with Gasteiger partial charge in [-0.1, -0.05) is 19.1 Å². The van der Waals surface area contributed by atoms with E-state index < -0.39 is 15.7 Å². The molecule has 1 rings (SSSR count). The summed E-state index contributed by atoms with van der Waals surface area (Å²) >= 11 is 0. The lowest BCUT2D eigenvalue weighted by Gasteiger charge is -2.20. The highest BCUT2D eigenvalue weighted by atomic mass is 32.2. The van der Waals surface area contributed by atoms with Gasteiger partial charge in [-0.3, -0.25) is 0 Å². The van der Waals surface area contributed by atoms with Crippen molar-refractivity contribution < 1.29 is 17.5 Å². The van der Waals surface area contributed by atoms with Gasteiger partial charge >= 0.3 is 0 Å². The second kappa shape index (κ2) is 11.0. The number of aliphatic imine (C=N–C) groups is 1. The standard InChI is InChI=1S/C18H30FN3O3S/c1-5-15(25-17-10-8-7-9-16(17)19)13-21-18(20-6-2)22-14(3)11-12-26(4,23)24/h7-10,14-15H,5-6,11-13H2,1-4H3,(H2,20,21,22). The van der Waals surface area contributed by atoms with Gasteiger partial charge in [-0.2, -0.15) is 0 Å². The fraction of sp³-hybridized carbons (Fsp3) is 0.611. The van der Waals surface area contributed by atoms with Gasteiger partial charge in [0.25, 0.3) is 0 Å². The molecule has 0 aliphatic rings. The summed E-state index contributed by atoms with van der Waals surface area (Å²) in [5.41, 5.74) is 0. The summed E-state index contributed by atoms with van der Waals surface area (Å²) in [4.78, 5) is 4.49. The van der Waals surface area contributed by atoms with Gasteiger partial charge < -0.3 is 15.4 Å². The van der Waals surface area contributed by atoms with Gasteiger partial charge in [-0.05, 0) is 38.8 Å². The summed E-state index contributed by atoms with van der Waals surface area (Å²) in [6.07, 6.45) is 2.14. The Morgan fingerprint density at radius 3 is 2.58 bits per heavy atom. The maximum atomic E-state index is 13.7. The molecule has 1 aromatic carbocycles. The fourth-order valence-corrected chi connectivity index (χ4v) is 2.96. The maximum Gasteiger partial charge on any atom is 0.191 e. The van der Waals surface area contributed by atoms with Gasteiger partial charge in [0.2, 0.25) is 0 Å². The van der Waals surface area contributed by atoms with Gasteiger partial charge in [0.1, 0.15) is 15.9 Å². The first-order valence-corrected chi connectivity index (χ1v) is 10.9. The highest BCUT2D eigenvalue weighted by Crippen LogP contribution is 2.18.